The molecule has 2 N–H and O–H groups in total. The van der Waals surface area contributed by atoms with Crippen molar-refractivity contribution in [3.8, 4) is 22.6 Å². The van der Waals surface area contributed by atoms with Gasteiger partial charge in [-0.2, -0.15) is 0 Å². The predicted molar refractivity (Wildman–Crippen MR) is 187 cm³/mol. The first-order valence-corrected chi connectivity index (χ1v) is 15.5. The Balaban J connectivity index is 1.33. The summed E-state index contributed by atoms with van der Waals surface area (Å²) in [5.41, 5.74) is 13.8. The van der Waals surface area contributed by atoms with Gasteiger partial charge in [-0.05, 0) is 109 Å². The Hall–Kier alpha value is -5.28. The van der Waals surface area contributed by atoms with Crippen molar-refractivity contribution in [2.24, 2.45) is 0 Å². The normalized spacial score (nSPS) is 11.0. The molecule has 0 aliphatic rings. The van der Waals surface area contributed by atoms with E-state index in [2.05, 4.69) is 128 Å². The zero-order valence-electron chi connectivity index (χ0n) is 26.4. The summed E-state index contributed by atoms with van der Waals surface area (Å²) in [6.45, 7) is 8.03. The monoisotopic (exact) mass is 589 g/mol. The molecule has 0 saturated carbocycles. The lowest BCUT2D eigenvalue weighted by Gasteiger charge is -2.26. The van der Waals surface area contributed by atoms with Crippen LogP contribution in [0.25, 0.3) is 11.1 Å². The minimum atomic E-state index is 0.374. The van der Waals surface area contributed by atoms with Crippen LogP contribution in [0, 0.1) is 27.7 Å². The number of anilines is 3. The lowest BCUT2D eigenvalue weighted by molar-refractivity contribution is 0.464. The number of rotatable bonds is 8. The highest BCUT2D eigenvalue weighted by Gasteiger charge is 2.15. The lowest BCUT2D eigenvalue weighted by Crippen LogP contribution is -2.10. The van der Waals surface area contributed by atoms with Gasteiger partial charge in [0, 0.05) is 29.9 Å². The first-order valence-electron chi connectivity index (χ1n) is 15.5. The fourth-order valence-electron chi connectivity index (χ4n) is 6.21. The third-order valence-electron chi connectivity index (χ3n) is 8.46. The van der Waals surface area contributed by atoms with Crippen LogP contribution in [0.2, 0.25) is 0 Å². The molecule has 0 aliphatic carbocycles. The molecule has 45 heavy (non-hydrogen) atoms. The standard InChI is InChI=1S/C42H39NO2/c1-28-22-30(3)41(44)36(24-28)26-32-10-16-38(17-11-32)43(40-20-14-35(15-21-40)34-8-6-5-7-9-34)39-18-12-33(13-19-39)27-37-25-29(2)23-31(4)42(37)45/h5-25,44-45H,26-27H2,1-4H3. The summed E-state index contributed by atoms with van der Waals surface area (Å²) in [5.74, 6) is 0.748. The first-order chi connectivity index (χ1) is 21.7. The number of hydrogen-bond acceptors (Lipinski definition) is 3. The smallest absolute Gasteiger partial charge is 0.122 e. The van der Waals surface area contributed by atoms with Crippen molar-refractivity contribution in [3.63, 3.8) is 0 Å². The van der Waals surface area contributed by atoms with Crippen LogP contribution in [0.3, 0.4) is 0 Å². The van der Waals surface area contributed by atoms with E-state index < -0.39 is 0 Å². The van der Waals surface area contributed by atoms with E-state index in [0.717, 1.165) is 61.6 Å². The van der Waals surface area contributed by atoms with E-state index in [1.807, 2.05) is 32.0 Å². The van der Waals surface area contributed by atoms with Crippen molar-refractivity contribution >= 4 is 17.1 Å². The molecule has 0 atom stereocenters. The number of phenols is 2. The maximum absolute atomic E-state index is 10.7. The lowest BCUT2D eigenvalue weighted by atomic mass is 9.98. The third kappa shape index (κ3) is 6.63. The van der Waals surface area contributed by atoms with E-state index in [1.165, 1.54) is 11.1 Å². The molecule has 0 fully saturated rings. The molecule has 6 aromatic carbocycles. The molecule has 0 aromatic heterocycles. The second-order valence-electron chi connectivity index (χ2n) is 12.1. The Morgan fingerprint density at radius 2 is 0.822 bits per heavy atom. The van der Waals surface area contributed by atoms with Gasteiger partial charge < -0.3 is 15.1 Å². The summed E-state index contributed by atoms with van der Waals surface area (Å²) in [6.07, 6.45) is 1.33. The van der Waals surface area contributed by atoms with Gasteiger partial charge in [-0.15, -0.1) is 0 Å². The summed E-state index contributed by atoms with van der Waals surface area (Å²) in [4.78, 5) is 2.27. The van der Waals surface area contributed by atoms with Crippen LogP contribution < -0.4 is 4.90 Å². The molecule has 0 unspecified atom stereocenters. The largest absolute Gasteiger partial charge is 0.507 e. The fraction of sp³-hybridized carbons (Fsp3) is 0.143. The molecular weight excluding hydrogens is 550 g/mol. The van der Waals surface area contributed by atoms with Gasteiger partial charge >= 0.3 is 0 Å². The summed E-state index contributed by atoms with van der Waals surface area (Å²) < 4.78 is 0. The number of aromatic hydroxyl groups is 2. The van der Waals surface area contributed by atoms with Gasteiger partial charge in [0.2, 0.25) is 0 Å². The van der Waals surface area contributed by atoms with Crippen molar-refractivity contribution < 1.29 is 10.2 Å². The van der Waals surface area contributed by atoms with Gasteiger partial charge in [0.1, 0.15) is 11.5 Å². The van der Waals surface area contributed by atoms with Gasteiger partial charge in [-0.1, -0.05) is 102 Å². The maximum atomic E-state index is 10.7. The van der Waals surface area contributed by atoms with Crippen molar-refractivity contribution in [1.29, 1.82) is 0 Å². The van der Waals surface area contributed by atoms with Crippen LogP contribution in [0.15, 0.2) is 127 Å². The van der Waals surface area contributed by atoms with E-state index in [1.54, 1.807) is 0 Å². The van der Waals surface area contributed by atoms with E-state index in [9.17, 15) is 10.2 Å². The molecule has 0 radical (unpaired) electrons. The van der Waals surface area contributed by atoms with Crippen molar-refractivity contribution in [2.75, 3.05) is 4.90 Å². The molecule has 3 nitrogen and oxygen atoms in total. The molecule has 0 heterocycles. The van der Waals surface area contributed by atoms with Gasteiger partial charge in [-0.3, -0.25) is 0 Å². The number of aryl methyl sites for hydroxylation is 4. The van der Waals surface area contributed by atoms with Gasteiger partial charge in [0.15, 0.2) is 0 Å². The summed E-state index contributed by atoms with van der Waals surface area (Å²) in [7, 11) is 0. The fourth-order valence-corrected chi connectivity index (χ4v) is 6.21. The molecule has 224 valence electrons. The highest BCUT2D eigenvalue weighted by atomic mass is 16.3. The van der Waals surface area contributed by atoms with Crippen LogP contribution >= 0.6 is 0 Å². The molecular formula is C42H39NO2. The van der Waals surface area contributed by atoms with Crippen LogP contribution in [0.5, 0.6) is 11.5 Å². The number of nitrogens with zero attached hydrogens (tertiary/aromatic N) is 1. The SMILES string of the molecule is Cc1cc(C)c(O)c(Cc2ccc(N(c3ccc(Cc4cc(C)cc(C)c4O)cc3)c3ccc(-c4ccccc4)cc3)cc2)c1. The van der Waals surface area contributed by atoms with E-state index in [-0.39, 0.29) is 0 Å². The minimum absolute atomic E-state index is 0.374. The van der Waals surface area contributed by atoms with E-state index in [0.29, 0.717) is 24.3 Å². The van der Waals surface area contributed by atoms with Crippen LogP contribution in [0.4, 0.5) is 17.1 Å². The zero-order chi connectivity index (χ0) is 31.5. The molecule has 0 saturated heterocycles. The first kappa shape index (κ1) is 29.8. The topological polar surface area (TPSA) is 43.7 Å². The Labute approximate surface area is 266 Å². The van der Waals surface area contributed by atoms with Gasteiger partial charge in [0.25, 0.3) is 0 Å². The Kier molecular flexibility index (Phi) is 8.44. The molecule has 0 spiro atoms. The zero-order valence-corrected chi connectivity index (χ0v) is 26.4. The van der Waals surface area contributed by atoms with E-state index in [4.69, 9.17) is 0 Å². The average Bonchev–Trinajstić information content (AvgIpc) is 3.04. The van der Waals surface area contributed by atoms with Gasteiger partial charge in [-0.25, -0.2) is 0 Å². The summed E-state index contributed by atoms with van der Waals surface area (Å²) in [5, 5.41) is 21.3. The van der Waals surface area contributed by atoms with Crippen molar-refractivity contribution in [2.45, 2.75) is 40.5 Å². The van der Waals surface area contributed by atoms with Crippen molar-refractivity contribution in [1.82, 2.24) is 0 Å². The minimum Gasteiger partial charge on any atom is -0.507 e. The Bertz CT molecular complexity index is 1820. The Morgan fingerprint density at radius 3 is 1.24 bits per heavy atom. The summed E-state index contributed by atoms with van der Waals surface area (Å²) >= 11 is 0. The third-order valence-corrected chi connectivity index (χ3v) is 8.46. The van der Waals surface area contributed by atoms with Crippen LogP contribution in [-0.4, -0.2) is 10.2 Å². The molecule has 0 bridgehead atoms. The second-order valence-corrected chi connectivity index (χ2v) is 12.1. The quantitative estimate of drug-likeness (QED) is 0.186. The molecule has 0 amide bonds. The highest BCUT2D eigenvalue weighted by molar-refractivity contribution is 5.78. The van der Waals surface area contributed by atoms with Gasteiger partial charge in [0.05, 0.1) is 0 Å². The molecule has 0 aliphatic heterocycles. The number of benzene rings is 6. The summed E-state index contributed by atoms with van der Waals surface area (Å²) in [6, 6.07) is 44.5. The second kappa shape index (κ2) is 12.8. The van der Waals surface area contributed by atoms with E-state index >= 15 is 0 Å². The van der Waals surface area contributed by atoms with Crippen molar-refractivity contribution in [3.05, 3.63) is 172 Å². The average molecular weight is 590 g/mol. The predicted octanol–water partition coefficient (Wildman–Crippen LogP) is 10.6. The number of hydrogen-bond donors (Lipinski definition) is 2. The van der Waals surface area contributed by atoms with Crippen LogP contribution in [0.1, 0.15) is 44.5 Å². The maximum Gasteiger partial charge on any atom is 0.122 e. The van der Waals surface area contributed by atoms with Crippen LogP contribution in [-0.2, 0) is 12.8 Å². The highest BCUT2D eigenvalue weighted by Crippen LogP contribution is 2.37. The Morgan fingerprint density at radius 1 is 0.444 bits per heavy atom. The molecule has 6 aromatic rings. The molecule has 6 rings (SSSR count). The number of phenolic OH excluding ortho intramolecular Hbond substituents is 2. The molecule has 3 heteroatoms.